The van der Waals surface area contributed by atoms with Crippen molar-refractivity contribution in [2.75, 3.05) is 6.54 Å². The lowest BCUT2D eigenvalue weighted by molar-refractivity contribution is 0.0916. The van der Waals surface area contributed by atoms with Crippen molar-refractivity contribution in [2.24, 2.45) is 0 Å². The first-order valence-corrected chi connectivity index (χ1v) is 7.62. The lowest BCUT2D eigenvalue weighted by atomic mass is 10.2. The molecule has 1 aromatic carbocycles. The zero-order chi connectivity index (χ0) is 13.8. The normalized spacial score (nSPS) is 12.2. The van der Waals surface area contributed by atoms with Crippen LogP contribution in [0.25, 0.3) is 0 Å². The van der Waals surface area contributed by atoms with Crippen LogP contribution in [0.4, 0.5) is 0 Å². The monoisotopic (exact) mass is 359 g/mol. The molecule has 0 bridgehead atoms. The summed E-state index contributed by atoms with van der Waals surface area (Å²) in [5, 5.41) is 16.8. The number of rotatable bonds is 4. The van der Waals surface area contributed by atoms with E-state index in [1.165, 1.54) is 11.3 Å². The van der Waals surface area contributed by atoms with E-state index >= 15 is 0 Å². The Balaban J connectivity index is 1.98. The molecule has 0 fully saturated rings. The summed E-state index contributed by atoms with van der Waals surface area (Å²) >= 11 is 10.7. The van der Waals surface area contributed by atoms with E-state index in [1.54, 1.807) is 18.2 Å². The van der Waals surface area contributed by atoms with Gasteiger partial charge in [-0.15, -0.1) is 0 Å². The Hall–Kier alpha value is -0.880. The highest BCUT2D eigenvalue weighted by atomic mass is 79.9. The predicted molar refractivity (Wildman–Crippen MR) is 80.8 cm³/mol. The molecular weight excluding hydrogens is 350 g/mol. The number of aliphatic hydroxyl groups is 1. The molecule has 1 atom stereocenters. The lowest BCUT2D eigenvalue weighted by Gasteiger charge is -2.11. The Morgan fingerprint density at radius 1 is 1.47 bits per heavy atom. The van der Waals surface area contributed by atoms with E-state index in [9.17, 15) is 9.90 Å². The molecule has 1 unspecified atom stereocenters. The minimum Gasteiger partial charge on any atom is -0.387 e. The molecule has 2 rings (SSSR count). The van der Waals surface area contributed by atoms with Crippen molar-refractivity contribution in [3.63, 3.8) is 0 Å². The molecule has 2 aromatic rings. The number of thiophene rings is 1. The van der Waals surface area contributed by atoms with Crippen LogP contribution >= 0.6 is 38.9 Å². The zero-order valence-corrected chi connectivity index (χ0v) is 12.9. The Labute approximate surface area is 128 Å². The summed E-state index contributed by atoms with van der Waals surface area (Å²) in [5.74, 6) is -0.266. The average Bonchev–Trinajstić information content (AvgIpc) is 2.88. The van der Waals surface area contributed by atoms with Gasteiger partial charge in [0.15, 0.2) is 0 Å². The van der Waals surface area contributed by atoms with E-state index in [1.807, 2.05) is 16.8 Å². The third-order valence-corrected chi connectivity index (χ3v) is 3.89. The fraction of sp³-hybridized carbons (Fsp3) is 0.154. The number of amides is 1. The van der Waals surface area contributed by atoms with Crippen LogP contribution in [0.5, 0.6) is 0 Å². The van der Waals surface area contributed by atoms with Crippen molar-refractivity contribution >= 4 is 44.8 Å². The molecule has 1 amide bonds. The minimum absolute atomic E-state index is 0.166. The van der Waals surface area contributed by atoms with E-state index < -0.39 is 6.10 Å². The molecule has 3 nitrogen and oxygen atoms in total. The standard InChI is InChI=1S/C13H11BrClNO2S/c14-10-3-9(4-11(15)5-10)13(18)16-6-12(17)8-1-2-19-7-8/h1-5,7,12,17H,6H2,(H,16,18). The summed E-state index contributed by atoms with van der Waals surface area (Å²) in [6.45, 7) is 0.166. The highest BCUT2D eigenvalue weighted by Crippen LogP contribution is 2.20. The number of benzene rings is 1. The zero-order valence-electron chi connectivity index (χ0n) is 9.77. The first kappa shape index (κ1) is 14.5. The maximum absolute atomic E-state index is 11.9. The van der Waals surface area contributed by atoms with Gasteiger partial charge in [0.1, 0.15) is 0 Å². The van der Waals surface area contributed by atoms with Gasteiger partial charge in [-0.25, -0.2) is 0 Å². The van der Waals surface area contributed by atoms with Crippen molar-refractivity contribution in [1.82, 2.24) is 5.32 Å². The number of hydrogen-bond acceptors (Lipinski definition) is 3. The second kappa shape index (κ2) is 6.52. The summed E-state index contributed by atoms with van der Waals surface area (Å²) in [6.07, 6.45) is -0.696. The molecule has 0 saturated heterocycles. The number of aliphatic hydroxyl groups excluding tert-OH is 1. The SMILES string of the molecule is O=C(NCC(O)c1ccsc1)c1cc(Cl)cc(Br)c1. The number of nitrogens with one attached hydrogen (secondary N) is 1. The molecule has 0 aliphatic heterocycles. The van der Waals surface area contributed by atoms with Gasteiger partial charge in [-0.05, 0) is 40.6 Å². The summed E-state index contributed by atoms with van der Waals surface area (Å²) in [7, 11) is 0. The third-order valence-electron chi connectivity index (χ3n) is 2.51. The molecule has 19 heavy (non-hydrogen) atoms. The van der Waals surface area contributed by atoms with Gasteiger partial charge in [0, 0.05) is 21.6 Å². The van der Waals surface area contributed by atoms with Gasteiger partial charge in [0.05, 0.1) is 6.10 Å². The van der Waals surface area contributed by atoms with Crippen LogP contribution < -0.4 is 5.32 Å². The highest BCUT2D eigenvalue weighted by Gasteiger charge is 2.12. The molecule has 1 aromatic heterocycles. The number of halogens is 2. The van der Waals surface area contributed by atoms with Gasteiger partial charge in [0.2, 0.25) is 0 Å². The van der Waals surface area contributed by atoms with Crippen molar-refractivity contribution in [1.29, 1.82) is 0 Å². The van der Waals surface area contributed by atoms with E-state index in [2.05, 4.69) is 21.2 Å². The fourth-order valence-corrected chi connectivity index (χ4v) is 3.13. The second-order valence-electron chi connectivity index (χ2n) is 3.94. The van der Waals surface area contributed by atoms with Crippen molar-refractivity contribution in [3.8, 4) is 0 Å². The summed E-state index contributed by atoms with van der Waals surface area (Å²) in [6, 6.07) is 6.80. The highest BCUT2D eigenvalue weighted by molar-refractivity contribution is 9.10. The molecule has 2 N–H and O–H groups in total. The number of hydrogen-bond donors (Lipinski definition) is 2. The molecule has 100 valence electrons. The fourth-order valence-electron chi connectivity index (χ4n) is 1.56. The van der Waals surface area contributed by atoms with Gasteiger partial charge in [-0.3, -0.25) is 4.79 Å². The molecule has 0 saturated carbocycles. The number of carbonyl (C=O) groups excluding carboxylic acids is 1. The van der Waals surface area contributed by atoms with Crippen LogP contribution in [-0.4, -0.2) is 17.6 Å². The lowest BCUT2D eigenvalue weighted by Crippen LogP contribution is -2.28. The predicted octanol–water partition coefficient (Wildman–Crippen LogP) is 3.63. The van der Waals surface area contributed by atoms with Gasteiger partial charge in [-0.1, -0.05) is 27.5 Å². The maximum Gasteiger partial charge on any atom is 0.251 e. The molecule has 0 spiro atoms. The van der Waals surface area contributed by atoms with Gasteiger partial charge in [-0.2, -0.15) is 11.3 Å². The number of carbonyl (C=O) groups is 1. The van der Waals surface area contributed by atoms with Crippen LogP contribution in [0.2, 0.25) is 5.02 Å². The van der Waals surface area contributed by atoms with E-state index in [-0.39, 0.29) is 12.5 Å². The maximum atomic E-state index is 11.9. The average molecular weight is 361 g/mol. The Bertz CT molecular complexity index is 554. The Kier molecular flexibility index (Phi) is 4.99. The quantitative estimate of drug-likeness (QED) is 0.875. The molecule has 0 aliphatic carbocycles. The van der Waals surface area contributed by atoms with Crippen molar-refractivity contribution in [3.05, 3.63) is 55.6 Å². The van der Waals surface area contributed by atoms with E-state index in [4.69, 9.17) is 11.6 Å². The summed E-state index contributed by atoms with van der Waals surface area (Å²) < 4.78 is 0.739. The van der Waals surface area contributed by atoms with Gasteiger partial charge < -0.3 is 10.4 Å². The smallest absolute Gasteiger partial charge is 0.251 e. The topological polar surface area (TPSA) is 49.3 Å². The largest absolute Gasteiger partial charge is 0.387 e. The Morgan fingerprint density at radius 3 is 2.89 bits per heavy atom. The van der Waals surface area contributed by atoms with Gasteiger partial charge >= 0.3 is 0 Å². The first-order chi connectivity index (χ1) is 9.06. The third kappa shape index (κ3) is 4.04. The van der Waals surface area contributed by atoms with Crippen molar-refractivity contribution in [2.45, 2.75) is 6.10 Å². The van der Waals surface area contributed by atoms with Crippen molar-refractivity contribution < 1.29 is 9.90 Å². The molecule has 0 radical (unpaired) electrons. The molecule has 1 heterocycles. The van der Waals surface area contributed by atoms with Crippen LogP contribution in [0.15, 0.2) is 39.5 Å². The van der Waals surface area contributed by atoms with E-state index in [0.29, 0.717) is 10.6 Å². The Morgan fingerprint density at radius 2 is 2.26 bits per heavy atom. The van der Waals surface area contributed by atoms with E-state index in [0.717, 1.165) is 10.0 Å². The second-order valence-corrected chi connectivity index (χ2v) is 6.07. The van der Waals surface area contributed by atoms with Crippen LogP contribution in [-0.2, 0) is 0 Å². The van der Waals surface area contributed by atoms with Crippen LogP contribution in [0, 0.1) is 0 Å². The molecular formula is C13H11BrClNO2S. The summed E-state index contributed by atoms with van der Waals surface area (Å²) in [4.78, 5) is 11.9. The van der Waals surface area contributed by atoms with Gasteiger partial charge in [0.25, 0.3) is 5.91 Å². The molecule has 0 aliphatic rings. The molecule has 6 heteroatoms. The minimum atomic E-state index is -0.696. The van der Waals surface area contributed by atoms with Crippen LogP contribution in [0.1, 0.15) is 22.0 Å². The van der Waals surface area contributed by atoms with Crippen LogP contribution in [0.3, 0.4) is 0 Å². The first-order valence-electron chi connectivity index (χ1n) is 5.50. The summed E-state index contributed by atoms with van der Waals surface area (Å²) in [5.41, 5.74) is 1.26.